The third-order valence-corrected chi connectivity index (χ3v) is 2.26. The number of hydrogen-bond acceptors (Lipinski definition) is 0. The Morgan fingerprint density at radius 3 is 2.09 bits per heavy atom. The van der Waals surface area contributed by atoms with Gasteiger partial charge in [0.05, 0.1) is 0 Å². The monoisotopic (exact) mass is 151 g/mol. The van der Waals surface area contributed by atoms with Gasteiger partial charge in [0, 0.05) is 0 Å². The highest BCUT2D eigenvalue weighted by Crippen LogP contribution is 2.11. The minimum atomic E-state index is 1.29. The van der Waals surface area contributed by atoms with Crippen molar-refractivity contribution in [2.45, 2.75) is 51.4 Å². The van der Waals surface area contributed by atoms with Crippen LogP contribution in [0.4, 0.5) is 0 Å². The lowest BCUT2D eigenvalue weighted by atomic mass is 10.1. The van der Waals surface area contributed by atoms with E-state index in [1.165, 1.54) is 51.4 Å². The van der Waals surface area contributed by atoms with Crippen molar-refractivity contribution in [3.63, 3.8) is 0 Å². The summed E-state index contributed by atoms with van der Waals surface area (Å²) in [5, 5.41) is 0. The van der Waals surface area contributed by atoms with Crippen molar-refractivity contribution in [1.82, 2.24) is 0 Å². The summed E-state index contributed by atoms with van der Waals surface area (Å²) in [4.78, 5) is 0. The van der Waals surface area contributed by atoms with E-state index >= 15 is 0 Å². The van der Waals surface area contributed by atoms with Gasteiger partial charge < -0.3 is 0 Å². The molecule has 1 aliphatic rings. The summed E-state index contributed by atoms with van der Waals surface area (Å²) in [5.74, 6) is 0. The molecule has 0 heteroatoms. The zero-order chi connectivity index (χ0) is 7.78. The fourth-order valence-corrected chi connectivity index (χ4v) is 1.52. The lowest BCUT2D eigenvalue weighted by Gasteiger charge is -1.97. The highest BCUT2D eigenvalue weighted by atomic mass is 14.0. The van der Waals surface area contributed by atoms with E-state index < -0.39 is 0 Å². The molecule has 0 heterocycles. The van der Waals surface area contributed by atoms with Crippen LogP contribution < -0.4 is 0 Å². The van der Waals surface area contributed by atoms with Gasteiger partial charge >= 0.3 is 0 Å². The van der Waals surface area contributed by atoms with E-state index in [2.05, 4.69) is 18.6 Å². The normalized spacial score (nSPS) is 25.5. The Morgan fingerprint density at radius 1 is 0.636 bits per heavy atom. The predicted octanol–water partition coefficient (Wildman–Crippen LogP) is 3.88. The zero-order valence-corrected chi connectivity index (χ0v) is 7.39. The van der Waals surface area contributed by atoms with Crippen LogP contribution in [0, 0.1) is 6.42 Å². The molecule has 0 atom stereocenters. The van der Waals surface area contributed by atoms with Crippen LogP contribution in [0.5, 0.6) is 0 Å². The van der Waals surface area contributed by atoms with E-state index in [9.17, 15) is 0 Å². The highest BCUT2D eigenvalue weighted by Gasteiger charge is 1.92. The Bertz CT molecular complexity index is 90.6. The van der Waals surface area contributed by atoms with Crippen molar-refractivity contribution >= 4 is 0 Å². The van der Waals surface area contributed by atoms with Crippen molar-refractivity contribution in [2.75, 3.05) is 0 Å². The first-order valence-corrected chi connectivity index (χ1v) is 4.98. The minimum absolute atomic E-state index is 1.29. The maximum Gasteiger partial charge on any atom is -0.0171 e. The smallest absolute Gasteiger partial charge is 0.0171 e. The molecule has 0 aromatic heterocycles. The summed E-state index contributed by atoms with van der Waals surface area (Å²) < 4.78 is 0. The molecule has 0 saturated heterocycles. The lowest BCUT2D eigenvalue weighted by molar-refractivity contribution is 0.600. The van der Waals surface area contributed by atoms with E-state index in [4.69, 9.17) is 0 Å². The maximum atomic E-state index is 2.31. The van der Waals surface area contributed by atoms with E-state index in [0.717, 1.165) is 0 Å². The molecule has 11 heavy (non-hydrogen) atoms. The average Bonchev–Trinajstić information content (AvgIpc) is 2.08. The van der Waals surface area contributed by atoms with Gasteiger partial charge in [0.15, 0.2) is 0 Å². The van der Waals surface area contributed by atoms with E-state index in [-0.39, 0.29) is 0 Å². The molecule has 0 aromatic rings. The topological polar surface area (TPSA) is 0 Å². The van der Waals surface area contributed by atoms with Gasteiger partial charge in [-0.25, -0.2) is 0 Å². The van der Waals surface area contributed by atoms with Crippen molar-refractivity contribution in [1.29, 1.82) is 0 Å². The third-order valence-electron chi connectivity index (χ3n) is 2.26. The first-order chi connectivity index (χ1) is 5.50. The molecular formula is C11H19. The molecule has 0 spiro atoms. The van der Waals surface area contributed by atoms with E-state index in [1.54, 1.807) is 0 Å². The summed E-state index contributed by atoms with van der Waals surface area (Å²) in [7, 11) is 0. The summed E-state index contributed by atoms with van der Waals surface area (Å²) in [5.41, 5.74) is 0. The van der Waals surface area contributed by atoms with Gasteiger partial charge in [-0.05, 0) is 25.7 Å². The molecule has 0 amide bonds. The van der Waals surface area contributed by atoms with Gasteiger partial charge in [-0.2, -0.15) is 0 Å². The Kier molecular flexibility index (Phi) is 5.18. The molecule has 0 unspecified atom stereocenters. The molecule has 0 aliphatic heterocycles. The molecule has 0 nitrogen and oxygen atoms in total. The van der Waals surface area contributed by atoms with Crippen LogP contribution in [-0.2, 0) is 0 Å². The van der Waals surface area contributed by atoms with Crippen LogP contribution in [0.25, 0.3) is 0 Å². The summed E-state index contributed by atoms with van der Waals surface area (Å²) >= 11 is 0. The van der Waals surface area contributed by atoms with Crippen molar-refractivity contribution in [3.8, 4) is 0 Å². The molecule has 0 saturated carbocycles. The Labute approximate surface area is 70.7 Å². The van der Waals surface area contributed by atoms with Gasteiger partial charge in [-0.3, -0.25) is 0 Å². The van der Waals surface area contributed by atoms with Gasteiger partial charge in [0.2, 0.25) is 0 Å². The standard InChI is InChI=1S/C11H19/c1-2-4-6-8-10-11-9-7-5-3-1/h1-3H,4-11H2/b2-1+. The number of hydrogen-bond donors (Lipinski definition) is 0. The van der Waals surface area contributed by atoms with Crippen LogP contribution in [0.15, 0.2) is 12.2 Å². The fourth-order valence-electron chi connectivity index (χ4n) is 1.52. The molecule has 1 aliphatic carbocycles. The highest BCUT2D eigenvalue weighted by molar-refractivity contribution is 4.94. The molecule has 0 fully saturated rings. The van der Waals surface area contributed by atoms with Crippen molar-refractivity contribution in [2.24, 2.45) is 0 Å². The zero-order valence-electron chi connectivity index (χ0n) is 7.39. The SMILES string of the molecule is [CH]1/C=C/CCCCCCCC1. The molecule has 63 valence electrons. The third kappa shape index (κ3) is 5.06. The molecule has 1 rings (SSSR count). The quantitative estimate of drug-likeness (QED) is 0.493. The largest absolute Gasteiger partial charge is 0.0882 e. The van der Waals surface area contributed by atoms with Crippen LogP contribution in [-0.4, -0.2) is 0 Å². The predicted molar refractivity (Wildman–Crippen MR) is 50.4 cm³/mol. The first kappa shape index (κ1) is 8.83. The molecule has 1 radical (unpaired) electrons. The molecule has 0 aromatic carbocycles. The van der Waals surface area contributed by atoms with Crippen LogP contribution in [0.3, 0.4) is 0 Å². The molecule has 0 N–H and O–H groups in total. The van der Waals surface area contributed by atoms with Crippen LogP contribution in [0.1, 0.15) is 51.4 Å². The van der Waals surface area contributed by atoms with Crippen LogP contribution in [0.2, 0.25) is 0 Å². The van der Waals surface area contributed by atoms with E-state index in [1.807, 2.05) is 0 Å². The summed E-state index contributed by atoms with van der Waals surface area (Å²) in [6.45, 7) is 0. The van der Waals surface area contributed by atoms with Crippen LogP contribution >= 0.6 is 0 Å². The Morgan fingerprint density at radius 2 is 1.27 bits per heavy atom. The number of allylic oxidation sites excluding steroid dienone is 2. The summed E-state index contributed by atoms with van der Waals surface area (Å²) in [6.07, 6.45) is 18.0. The minimum Gasteiger partial charge on any atom is -0.0882 e. The Balaban J connectivity index is 2.11. The Hall–Kier alpha value is -0.260. The summed E-state index contributed by atoms with van der Waals surface area (Å²) in [6, 6.07) is 0. The first-order valence-electron chi connectivity index (χ1n) is 4.98. The molecular weight excluding hydrogens is 132 g/mol. The fraction of sp³-hybridized carbons (Fsp3) is 0.727. The second kappa shape index (κ2) is 6.45. The number of rotatable bonds is 0. The lowest BCUT2D eigenvalue weighted by Crippen LogP contribution is -1.78. The second-order valence-corrected chi connectivity index (χ2v) is 3.36. The maximum absolute atomic E-state index is 2.31. The van der Waals surface area contributed by atoms with Crippen molar-refractivity contribution in [3.05, 3.63) is 18.6 Å². The molecule has 0 bridgehead atoms. The average molecular weight is 151 g/mol. The van der Waals surface area contributed by atoms with Gasteiger partial charge in [0.25, 0.3) is 0 Å². The second-order valence-electron chi connectivity index (χ2n) is 3.36. The van der Waals surface area contributed by atoms with Gasteiger partial charge in [-0.15, -0.1) is 0 Å². The van der Waals surface area contributed by atoms with E-state index in [0.29, 0.717) is 0 Å². The van der Waals surface area contributed by atoms with Crippen molar-refractivity contribution < 1.29 is 0 Å². The van der Waals surface area contributed by atoms with Gasteiger partial charge in [0.1, 0.15) is 0 Å². The van der Waals surface area contributed by atoms with Gasteiger partial charge in [-0.1, -0.05) is 44.3 Å².